The standard InChI is InChI=1S/C13H17N3OS/c1-3-10(2)16-12(6-7-14-16)15-13(17)9-11-5-4-8-18-11/h4-8,10H,3,9H2,1-2H3,(H,15,17). The quantitative estimate of drug-likeness (QED) is 0.901. The smallest absolute Gasteiger partial charge is 0.230 e. The minimum Gasteiger partial charge on any atom is -0.311 e. The van der Waals surface area contributed by atoms with Crippen molar-refractivity contribution < 1.29 is 4.79 Å². The predicted molar refractivity (Wildman–Crippen MR) is 73.9 cm³/mol. The molecule has 2 heterocycles. The van der Waals surface area contributed by atoms with Gasteiger partial charge in [0.25, 0.3) is 0 Å². The van der Waals surface area contributed by atoms with Crippen LogP contribution in [0.3, 0.4) is 0 Å². The van der Waals surface area contributed by atoms with Crippen molar-refractivity contribution in [1.29, 1.82) is 0 Å². The number of rotatable bonds is 5. The van der Waals surface area contributed by atoms with E-state index in [1.807, 2.05) is 28.3 Å². The number of nitrogens with zero attached hydrogens (tertiary/aromatic N) is 2. The summed E-state index contributed by atoms with van der Waals surface area (Å²) in [6, 6.07) is 6.04. The summed E-state index contributed by atoms with van der Waals surface area (Å²) >= 11 is 1.60. The van der Waals surface area contributed by atoms with Gasteiger partial charge in [-0.25, -0.2) is 4.68 Å². The van der Waals surface area contributed by atoms with Crippen molar-refractivity contribution in [3.63, 3.8) is 0 Å². The predicted octanol–water partition coefficient (Wildman–Crippen LogP) is 3.10. The van der Waals surface area contributed by atoms with E-state index in [1.165, 1.54) is 0 Å². The maximum Gasteiger partial charge on any atom is 0.230 e. The molecule has 2 aromatic heterocycles. The van der Waals surface area contributed by atoms with Gasteiger partial charge in [0.1, 0.15) is 5.82 Å². The van der Waals surface area contributed by atoms with Crippen molar-refractivity contribution in [3.05, 3.63) is 34.7 Å². The van der Waals surface area contributed by atoms with Gasteiger partial charge in [0.05, 0.1) is 18.7 Å². The Morgan fingerprint density at radius 3 is 3.06 bits per heavy atom. The van der Waals surface area contributed by atoms with Crippen molar-refractivity contribution in [2.24, 2.45) is 0 Å². The lowest BCUT2D eigenvalue weighted by Crippen LogP contribution is -2.18. The van der Waals surface area contributed by atoms with Crippen molar-refractivity contribution in [2.75, 3.05) is 5.32 Å². The first-order valence-corrected chi connectivity index (χ1v) is 6.94. The molecule has 0 radical (unpaired) electrons. The maximum atomic E-state index is 11.9. The fourth-order valence-corrected chi connectivity index (χ4v) is 2.40. The van der Waals surface area contributed by atoms with E-state index in [4.69, 9.17) is 0 Å². The van der Waals surface area contributed by atoms with E-state index in [9.17, 15) is 4.79 Å². The summed E-state index contributed by atoms with van der Waals surface area (Å²) in [4.78, 5) is 13.0. The molecule has 96 valence electrons. The van der Waals surface area contributed by atoms with Gasteiger partial charge >= 0.3 is 0 Å². The third kappa shape index (κ3) is 2.98. The fourth-order valence-electron chi connectivity index (χ4n) is 1.70. The highest BCUT2D eigenvalue weighted by Crippen LogP contribution is 2.17. The topological polar surface area (TPSA) is 46.9 Å². The molecule has 2 rings (SSSR count). The number of carbonyl (C=O) groups is 1. The van der Waals surface area contributed by atoms with E-state index in [0.717, 1.165) is 17.1 Å². The Bertz CT molecular complexity index is 504. The second kappa shape index (κ2) is 5.82. The average molecular weight is 263 g/mol. The zero-order valence-corrected chi connectivity index (χ0v) is 11.4. The number of thiophene rings is 1. The Morgan fingerprint density at radius 2 is 2.39 bits per heavy atom. The van der Waals surface area contributed by atoms with Crippen molar-refractivity contribution in [1.82, 2.24) is 9.78 Å². The Hall–Kier alpha value is -1.62. The van der Waals surface area contributed by atoms with Crippen molar-refractivity contribution >= 4 is 23.1 Å². The number of anilines is 1. The molecule has 0 spiro atoms. The van der Waals surface area contributed by atoms with Gasteiger partial charge in [-0.05, 0) is 24.8 Å². The second-order valence-electron chi connectivity index (χ2n) is 4.22. The van der Waals surface area contributed by atoms with E-state index in [2.05, 4.69) is 24.3 Å². The first-order chi connectivity index (χ1) is 8.70. The van der Waals surface area contributed by atoms with Crippen LogP contribution in [0.4, 0.5) is 5.82 Å². The normalized spacial score (nSPS) is 12.3. The largest absolute Gasteiger partial charge is 0.311 e. The summed E-state index contributed by atoms with van der Waals surface area (Å²) in [7, 11) is 0. The van der Waals surface area contributed by atoms with E-state index < -0.39 is 0 Å². The third-order valence-electron chi connectivity index (χ3n) is 2.86. The number of amides is 1. The summed E-state index contributed by atoms with van der Waals surface area (Å²) < 4.78 is 1.85. The van der Waals surface area contributed by atoms with Crippen LogP contribution in [-0.2, 0) is 11.2 Å². The van der Waals surface area contributed by atoms with Gasteiger partial charge in [-0.3, -0.25) is 4.79 Å². The van der Waals surface area contributed by atoms with Crippen LogP contribution in [0.2, 0.25) is 0 Å². The van der Waals surface area contributed by atoms with E-state index in [1.54, 1.807) is 17.5 Å². The molecule has 0 aromatic carbocycles. The lowest BCUT2D eigenvalue weighted by molar-refractivity contribution is -0.115. The lowest BCUT2D eigenvalue weighted by atomic mass is 10.3. The van der Waals surface area contributed by atoms with Gasteiger partial charge in [-0.15, -0.1) is 11.3 Å². The molecule has 1 amide bonds. The Morgan fingerprint density at radius 1 is 1.56 bits per heavy atom. The zero-order valence-electron chi connectivity index (χ0n) is 10.6. The van der Waals surface area contributed by atoms with E-state index in [0.29, 0.717) is 6.42 Å². The van der Waals surface area contributed by atoms with Crippen LogP contribution in [0.1, 0.15) is 31.2 Å². The molecule has 0 aliphatic heterocycles. The molecule has 1 unspecified atom stereocenters. The molecule has 0 fully saturated rings. The zero-order chi connectivity index (χ0) is 13.0. The molecule has 0 bridgehead atoms. The highest BCUT2D eigenvalue weighted by molar-refractivity contribution is 7.10. The maximum absolute atomic E-state index is 11.9. The van der Waals surface area contributed by atoms with Gasteiger partial charge < -0.3 is 5.32 Å². The van der Waals surface area contributed by atoms with Crippen LogP contribution in [-0.4, -0.2) is 15.7 Å². The number of hydrogen-bond acceptors (Lipinski definition) is 3. The van der Waals surface area contributed by atoms with Crippen molar-refractivity contribution in [3.8, 4) is 0 Å². The molecule has 0 aliphatic rings. The molecular weight excluding hydrogens is 246 g/mol. The molecule has 18 heavy (non-hydrogen) atoms. The SMILES string of the molecule is CCC(C)n1nccc1NC(=O)Cc1cccs1. The summed E-state index contributed by atoms with van der Waals surface area (Å²) in [5.41, 5.74) is 0. The Kier molecular flexibility index (Phi) is 4.15. The van der Waals surface area contributed by atoms with Crippen LogP contribution in [0.5, 0.6) is 0 Å². The van der Waals surface area contributed by atoms with Gasteiger partial charge in [0.15, 0.2) is 0 Å². The van der Waals surface area contributed by atoms with Gasteiger partial charge in [-0.2, -0.15) is 5.10 Å². The first kappa shape index (κ1) is 12.8. The second-order valence-corrected chi connectivity index (χ2v) is 5.25. The van der Waals surface area contributed by atoms with Gasteiger partial charge in [0.2, 0.25) is 5.91 Å². The van der Waals surface area contributed by atoms with Gasteiger partial charge in [-0.1, -0.05) is 13.0 Å². The fraction of sp³-hybridized carbons (Fsp3) is 0.385. The number of hydrogen-bond donors (Lipinski definition) is 1. The van der Waals surface area contributed by atoms with Crippen LogP contribution in [0, 0.1) is 0 Å². The molecular formula is C13H17N3OS. The molecule has 4 nitrogen and oxygen atoms in total. The summed E-state index contributed by atoms with van der Waals surface area (Å²) in [5.74, 6) is 0.772. The highest BCUT2D eigenvalue weighted by atomic mass is 32.1. The Labute approximate surface area is 111 Å². The monoisotopic (exact) mass is 263 g/mol. The van der Waals surface area contributed by atoms with Crippen LogP contribution in [0.15, 0.2) is 29.8 Å². The molecule has 0 aliphatic carbocycles. The minimum atomic E-state index is 0.00232. The van der Waals surface area contributed by atoms with Crippen LogP contribution >= 0.6 is 11.3 Å². The Balaban J connectivity index is 2.01. The number of aromatic nitrogens is 2. The van der Waals surface area contributed by atoms with E-state index >= 15 is 0 Å². The molecule has 0 saturated heterocycles. The van der Waals surface area contributed by atoms with E-state index in [-0.39, 0.29) is 11.9 Å². The number of carbonyl (C=O) groups excluding carboxylic acids is 1. The molecule has 5 heteroatoms. The third-order valence-corrected chi connectivity index (χ3v) is 3.74. The molecule has 0 saturated carbocycles. The lowest BCUT2D eigenvalue weighted by Gasteiger charge is -2.13. The number of nitrogens with one attached hydrogen (secondary N) is 1. The molecule has 1 atom stereocenters. The summed E-state index contributed by atoms with van der Waals surface area (Å²) in [5, 5.41) is 9.13. The highest BCUT2D eigenvalue weighted by Gasteiger charge is 2.11. The van der Waals surface area contributed by atoms with Crippen LogP contribution < -0.4 is 5.32 Å². The van der Waals surface area contributed by atoms with Crippen LogP contribution in [0.25, 0.3) is 0 Å². The molecule has 1 N–H and O–H groups in total. The van der Waals surface area contributed by atoms with Crippen molar-refractivity contribution in [2.45, 2.75) is 32.7 Å². The average Bonchev–Trinajstić information content (AvgIpc) is 2.99. The molecule has 2 aromatic rings. The summed E-state index contributed by atoms with van der Waals surface area (Å²) in [6.45, 7) is 4.19. The van der Waals surface area contributed by atoms with Gasteiger partial charge in [0, 0.05) is 10.9 Å². The minimum absolute atomic E-state index is 0.00232. The first-order valence-electron chi connectivity index (χ1n) is 6.06. The summed E-state index contributed by atoms with van der Waals surface area (Å²) in [6.07, 6.45) is 3.12.